The van der Waals surface area contributed by atoms with Crippen molar-refractivity contribution < 1.29 is 4.79 Å². The van der Waals surface area contributed by atoms with Crippen molar-refractivity contribution in [3.05, 3.63) is 18.5 Å². The Bertz CT molecular complexity index is 677. The van der Waals surface area contributed by atoms with E-state index < -0.39 is 0 Å². The zero-order chi connectivity index (χ0) is 20.5. The maximum Gasteiger partial charge on any atom is 0.225 e. The van der Waals surface area contributed by atoms with Crippen molar-refractivity contribution in [1.82, 2.24) is 25.5 Å². The first kappa shape index (κ1) is 25.0. The third-order valence-electron chi connectivity index (χ3n) is 5.32. The molecule has 2 saturated heterocycles. The molecule has 0 saturated carbocycles. The van der Waals surface area contributed by atoms with Gasteiger partial charge in [-0.25, -0.2) is 9.97 Å². The van der Waals surface area contributed by atoms with Crippen LogP contribution < -0.4 is 15.5 Å². The van der Waals surface area contributed by atoms with Gasteiger partial charge in [-0.15, -0.1) is 24.0 Å². The third kappa shape index (κ3) is 7.44. The van der Waals surface area contributed by atoms with Crippen LogP contribution in [0.5, 0.6) is 0 Å². The molecule has 1 aromatic heterocycles. The molecule has 2 fully saturated rings. The number of anilines is 1. The van der Waals surface area contributed by atoms with Gasteiger partial charge in [0.05, 0.1) is 6.54 Å². The maximum absolute atomic E-state index is 12.6. The average Bonchev–Trinajstić information content (AvgIpc) is 3.19. The first-order valence-corrected chi connectivity index (χ1v) is 11.5. The van der Waals surface area contributed by atoms with Gasteiger partial charge >= 0.3 is 0 Å². The number of halogens is 1. The molecule has 10 heteroatoms. The van der Waals surface area contributed by atoms with Gasteiger partial charge in [0.1, 0.15) is 0 Å². The van der Waals surface area contributed by atoms with Crippen LogP contribution in [-0.2, 0) is 4.79 Å². The summed E-state index contributed by atoms with van der Waals surface area (Å²) in [6.07, 6.45) is 6.47. The molecule has 0 bridgehead atoms. The van der Waals surface area contributed by atoms with E-state index in [0.29, 0.717) is 26.1 Å². The summed E-state index contributed by atoms with van der Waals surface area (Å²) >= 11 is 2.01. The molecule has 2 aliphatic heterocycles. The highest BCUT2D eigenvalue weighted by atomic mass is 127. The number of piperazine rings is 1. The number of nitrogens with one attached hydrogen (secondary N) is 2. The fourth-order valence-electron chi connectivity index (χ4n) is 3.61. The van der Waals surface area contributed by atoms with Crippen LogP contribution in [0.25, 0.3) is 0 Å². The topological polar surface area (TPSA) is 85.8 Å². The number of hydrogen-bond donors (Lipinski definition) is 2. The highest BCUT2D eigenvalue weighted by molar-refractivity contribution is 14.0. The van der Waals surface area contributed by atoms with Crippen LogP contribution in [0.4, 0.5) is 5.95 Å². The zero-order valence-electron chi connectivity index (χ0n) is 18.0. The molecule has 2 N–H and O–H groups in total. The number of carbonyl (C=O) groups excluding carboxylic acids is 1. The number of aromatic nitrogens is 2. The Morgan fingerprint density at radius 3 is 2.60 bits per heavy atom. The van der Waals surface area contributed by atoms with Crippen molar-refractivity contribution in [2.75, 3.05) is 56.5 Å². The van der Waals surface area contributed by atoms with Crippen LogP contribution in [0.1, 0.15) is 33.1 Å². The second-order valence-electron chi connectivity index (χ2n) is 7.69. The van der Waals surface area contributed by atoms with E-state index in [4.69, 9.17) is 4.99 Å². The van der Waals surface area contributed by atoms with Crippen molar-refractivity contribution in [2.24, 2.45) is 4.99 Å². The van der Waals surface area contributed by atoms with Crippen molar-refractivity contribution in [3.63, 3.8) is 0 Å². The molecule has 3 rings (SSSR count). The SMILES string of the molecule is CCNC(=NCC1(C)CCCS1)NCCC(=O)N1CCN(c2ncccn2)CC1.I. The Balaban J connectivity index is 0.00000320. The molecule has 0 aromatic carbocycles. The normalized spacial score (nSPS) is 21.9. The number of nitrogens with zero attached hydrogens (tertiary/aromatic N) is 5. The molecule has 2 aliphatic rings. The molecule has 0 radical (unpaired) electrons. The molecule has 3 heterocycles. The fraction of sp³-hybridized carbons (Fsp3) is 0.700. The number of carbonyl (C=O) groups is 1. The average molecular weight is 548 g/mol. The Morgan fingerprint density at radius 1 is 1.23 bits per heavy atom. The van der Waals surface area contributed by atoms with Gasteiger partial charge in [0, 0.05) is 62.8 Å². The summed E-state index contributed by atoms with van der Waals surface area (Å²) in [7, 11) is 0. The first-order chi connectivity index (χ1) is 14.1. The Hall–Kier alpha value is -1.30. The maximum atomic E-state index is 12.6. The molecular weight excluding hydrogens is 513 g/mol. The zero-order valence-corrected chi connectivity index (χ0v) is 21.1. The van der Waals surface area contributed by atoms with Gasteiger partial charge in [0.15, 0.2) is 5.96 Å². The van der Waals surface area contributed by atoms with E-state index in [1.807, 2.05) is 22.7 Å². The lowest BCUT2D eigenvalue weighted by Crippen LogP contribution is -2.50. The van der Waals surface area contributed by atoms with Gasteiger partial charge in [-0.05, 0) is 38.5 Å². The van der Waals surface area contributed by atoms with Crippen LogP contribution in [0.2, 0.25) is 0 Å². The van der Waals surface area contributed by atoms with E-state index in [9.17, 15) is 4.79 Å². The van der Waals surface area contributed by atoms with E-state index in [2.05, 4.69) is 39.3 Å². The largest absolute Gasteiger partial charge is 0.357 e. The van der Waals surface area contributed by atoms with Crippen LogP contribution in [0.3, 0.4) is 0 Å². The lowest BCUT2D eigenvalue weighted by molar-refractivity contribution is -0.131. The smallest absolute Gasteiger partial charge is 0.225 e. The molecule has 30 heavy (non-hydrogen) atoms. The van der Waals surface area contributed by atoms with E-state index in [0.717, 1.165) is 38.1 Å². The molecule has 1 unspecified atom stereocenters. The van der Waals surface area contributed by atoms with E-state index in [1.54, 1.807) is 12.4 Å². The van der Waals surface area contributed by atoms with Gasteiger partial charge in [0.2, 0.25) is 11.9 Å². The highest BCUT2D eigenvalue weighted by Crippen LogP contribution is 2.37. The number of guanidine groups is 1. The summed E-state index contributed by atoms with van der Waals surface area (Å²) in [5, 5.41) is 6.60. The molecule has 0 spiro atoms. The lowest BCUT2D eigenvalue weighted by atomic mass is 10.1. The third-order valence-corrected chi connectivity index (χ3v) is 6.84. The minimum absolute atomic E-state index is 0. The van der Waals surface area contributed by atoms with Gasteiger partial charge in [-0.2, -0.15) is 11.8 Å². The molecule has 1 amide bonds. The molecule has 1 aromatic rings. The van der Waals surface area contributed by atoms with Gasteiger partial charge < -0.3 is 20.4 Å². The quantitative estimate of drug-likeness (QED) is 0.307. The summed E-state index contributed by atoms with van der Waals surface area (Å²) in [5.41, 5.74) is 0. The lowest BCUT2D eigenvalue weighted by Gasteiger charge is -2.34. The Labute approximate surface area is 201 Å². The number of amides is 1. The second-order valence-corrected chi connectivity index (χ2v) is 9.37. The molecule has 1 atom stereocenters. The molecule has 168 valence electrons. The molecule has 0 aliphatic carbocycles. The number of hydrogen-bond acceptors (Lipinski definition) is 6. The Kier molecular flexibility index (Phi) is 10.4. The van der Waals surface area contributed by atoms with Crippen LogP contribution in [0.15, 0.2) is 23.5 Å². The van der Waals surface area contributed by atoms with E-state index in [-0.39, 0.29) is 34.6 Å². The van der Waals surface area contributed by atoms with Gasteiger partial charge in [-0.3, -0.25) is 9.79 Å². The van der Waals surface area contributed by atoms with Gasteiger partial charge in [0.25, 0.3) is 0 Å². The minimum atomic E-state index is 0. The number of aliphatic imine (C=N–C) groups is 1. The van der Waals surface area contributed by atoms with Crippen LogP contribution in [0, 0.1) is 0 Å². The van der Waals surface area contributed by atoms with Crippen LogP contribution in [-0.4, -0.2) is 83.0 Å². The van der Waals surface area contributed by atoms with E-state index in [1.165, 1.54) is 18.6 Å². The standard InChI is InChI=1S/C20H33N7OS.HI/c1-3-21-18(25-16-20(2)7-4-15-29-20)22-10-6-17(28)26-11-13-27(14-12-26)19-23-8-5-9-24-19;/h5,8-9H,3-4,6-7,10-16H2,1-2H3,(H2,21,22,25);1H. The van der Waals surface area contributed by atoms with E-state index >= 15 is 0 Å². The highest BCUT2D eigenvalue weighted by Gasteiger charge is 2.29. The summed E-state index contributed by atoms with van der Waals surface area (Å²) < 4.78 is 0.250. The summed E-state index contributed by atoms with van der Waals surface area (Å²) in [6.45, 7) is 9.52. The Morgan fingerprint density at radius 2 is 1.97 bits per heavy atom. The predicted octanol–water partition coefficient (Wildman–Crippen LogP) is 1.97. The van der Waals surface area contributed by atoms with Crippen molar-refractivity contribution in [2.45, 2.75) is 37.9 Å². The second kappa shape index (κ2) is 12.5. The monoisotopic (exact) mass is 547 g/mol. The summed E-state index contributed by atoms with van der Waals surface area (Å²) in [5.74, 6) is 2.95. The van der Waals surface area contributed by atoms with Crippen molar-refractivity contribution in [3.8, 4) is 0 Å². The van der Waals surface area contributed by atoms with Crippen molar-refractivity contribution >= 4 is 53.6 Å². The van der Waals surface area contributed by atoms with Crippen molar-refractivity contribution in [1.29, 1.82) is 0 Å². The summed E-state index contributed by atoms with van der Waals surface area (Å²) in [4.78, 5) is 30.0. The number of rotatable bonds is 7. The molecule has 8 nitrogen and oxygen atoms in total. The van der Waals surface area contributed by atoms with Crippen LogP contribution >= 0.6 is 35.7 Å². The fourth-order valence-corrected chi connectivity index (χ4v) is 4.83. The molecular formula is C20H34IN7OS. The summed E-state index contributed by atoms with van der Waals surface area (Å²) in [6, 6.07) is 1.81. The minimum Gasteiger partial charge on any atom is -0.357 e. The predicted molar refractivity (Wildman–Crippen MR) is 135 cm³/mol. The van der Waals surface area contributed by atoms with Gasteiger partial charge in [-0.1, -0.05) is 0 Å². The number of thioether (sulfide) groups is 1. The first-order valence-electron chi connectivity index (χ1n) is 10.6.